The first kappa shape index (κ1) is 18.1. The summed E-state index contributed by atoms with van der Waals surface area (Å²) in [6, 6.07) is 8.93. The van der Waals surface area contributed by atoms with Crippen molar-refractivity contribution in [3.63, 3.8) is 0 Å². The Kier molecular flexibility index (Phi) is 4.52. The van der Waals surface area contributed by atoms with Gasteiger partial charge in [0.05, 0.1) is 21.6 Å². The van der Waals surface area contributed by atoms with Crippen LogP contribution >= 0.6 is 11.6 Å². The molecule has 0 radical (unpaired) electrons. The van der Waals surface area contributed by atoms with Crippen LogP contribution in [0.3, 0.4) is 0 Å². The van der Waals surface area contributed by atoms with Crippen molar-refractivity contribution in [3.8, 4) is 11.5 Å². The lowest BCUT2D eigenvalue weighted by Gasteiger charge is -2.17. The van der Waals surface area contributed by atoms with Gasteiger partial charge >= 0.3 is 0 Å². The fourth-order valence-electron chi connectivity index (χ4n) is 3.14. The molecule has 1 unspecified atom stereocenters. The van der Waals surface area contributed by atoms with E-state index in [2.05, 4.69) is 5.32 Å². The molecule has 2 amide bonds. The van der Waals surface area contributed by atoms with Gasteiger partial charge in [0.25, 0.3) is 5.69 Å². The lowest BCUT2D eigenvalue weighted by molar-refractivity contribution is -0.384. The number of ether oxygens (including phenoxy) is 2. The number of carbonyl (C=O) groups is 2. The number of fused-ring (bicyclic) bond motifs is 1. The van der Waals surface area contributed by atoms with Gasteiger partial charge in [-0.15, -0.1) is 0 Å². The van der Waals surface area contributed by atoms with Gasteiger partial charge in [-0.2, -0.15) is 0 Å². The van der Waals surface area contributed by atoms with Crippen LogP contribution < -0.4 is 19.7 Å². The molecule has 2 aliphatic rings. The number of benzene rings is 2. The van der Waals surface area contributed by atoms with Gasteiger partial charge in [0.1, 0.15) is 0 Å². The summed E-state index contributed by atoms with van der Waals surface area (Å²) in [7, 11) is 0. The van der Waals surface area contributed by atoms with E-state index in [1.807, 2.05) is 0 Å². The van der Waals surface area contributed by atoms with Gasteiger partial charge in [-0.1, -0.05) is 11.6 Å². The molecule has 9 nitrogen and oxygen atoms in total. The van der Waals surface area contributed by atoms with Crippen LogP contribution in [0.25, 0.3) is 0 Å². The third-order valence-electron chi connectivity index (χ3n) is 4.59. The number of nitrogens with zero attached hydrogens (tertiary/aromatic N) is 2. The molecule has 0 bridgehead atoms. The Morgan fingerprint density at radius 2 is 2.00 bits per heavy atom. The number of nitro groups is 1. The van der Waals surface area contributed by atoms with Crippen LogP contribution in [0.5, 0.6) is 11.5 Å². The number of nitro benzene ring substituents is 1. The third-order valence-corrected chi connectivity index (χ3v) is 4.90. The second-order valence-corrected chi connectivity index (χ2v) is 6.76. The molecule has 10 heteroatoms. The Labute approximate surface area is 163 Å². The summed E-state index contributed by atoms with van der Waals surface area (Å²) >= 11 is 6.01. The predicted octanol–water partition coefficient (Wildman–Crippen LogP) is 2.97. The van der Waals surface area contributed by atoms with Crippen molar-refractivity contribution < 1.29 is 24.0 Å². The van der Waals surface area contributed by atoms with Crippen LogP contribution in [0.1, 0.15) is 6.42 Å². The van der Waals surface area contributed by atoms with E-state index in [-0.39, 0.29) is 48.0 Å². The number of carbonyl (C=O) groups excluding carboxylic acids is 2. The van der Waals surface area contributed by atoms with Crippen LogP contribution in [-0.4, -0.2) is 30.1 Å². The minimum atomic E-state index is -0.579. The molecule has 1 saturated heterocycles. The standard InChI is InChI=1S/C18H14ClN3O6/c19-13-6-12(22(25)26)1-3-14(13)20-18(24)10-5-17(23)21(8-10)11-2-4-15-16(7-11)28-9-27-15/h1-4,6-7,10H,5,8-9H2,(H,20,24). The monoisotopic (exact) mass is 403 g/mol. The van der Waals surface area contributed by atoms with Crippen molar-refractivity contribution in [2.45, 2.75) is 6.42 Å². The van der Waals surface area contributed by atoms with Gasteiger partial charge in [0, 0.05) is 36.9 Å². The maximum atomic E-state index is 12.6. The molecule has 0 saturated carbocycles. The molecule has 1 fully saturated rings. The van der Waals surface area contributed by atoms with E-state index in [0.717, 1.165) is 6.07 Å². The summed E-state index contributed by atoms with van der Waals surface area (Å²) < 4.78 is 10.6. The highest BCUT2D eigenvalue weighted by molar-refractivity contribution is 6.34. The van der Waals surface area contributed by atoms with Crippen LogP contribution in [0.15, 0.2) is 36.4 Å². The zero-order chi connectivity index (χ0) is 19.8. The average molecular weight is 404 g/mol. The minimum Gasteiger partial charge on any atom is -0.454 e. The van der Waals surface area contributed by atoms with Crippen LogP contribution in [0.4, 0.5) is 17.1 Å². The molecule has 2 aliphatic heterocycles. The molecule has 2 aromatic rings. The Bertz CT molecular complexity index is 995. The molecule has 4 rings (SSSR count). The number of nitrogens with one attached hydrogen (secondary N) is 1. The Morgan fingerprint density at radius 1 is 1.21 bits per heavy atom. The molecule has 0 spiro atoms. The summed E-state index contributed by atoms with van der Waals surface area (Å²) in [6.07, 6.45) is 0.0465. The van der Waals surface area contributed by atoms with Gasteiger partial charge in [-0.25, -0.2) is 0 Å². The summed E-state index contributed by atoms with van der Waals surface area (Å²) in [5, 5.41) is 13.5. The van der Waals surface area contributed by atoms with Crippen molar-refractivity contribution in [3.05, 3.63) is 51.5 Å². The van der Waals surface area contributed by atoms with Crippen molar-refractivity contribution in [2.75, 3.05) is 23.6 Å². The maximum Gasteiger partial charge on any atom is 0.271 e. The molecular formula is C18H14ClN3O6. The largest absolute Gasteiger partial charge is 0.454 e. The van der Waals surface area contributed by atoms with E-state index in [4.69, 9.17) is 21.1 Å². The fraction of sp³-hybridized carbons (Fsp3) is 0.222. The molecule has 0 aromatic heterocycles. The van der Waals surface area contributed by atoms with Crippen molar-refractivity contribution in [2.24, 2.45) is 5.92 Å². The number of hydrogen-bond acceptors (Lipinski definition) is 6. The zero-order valence-electron chi connectivity index (χ0n) is 14.4. The van der Waals surface area contributed by atoms with Gasteiger partial charge in [-0.3, -0.25) is 19.7 Å². The molecular weight excluding hydrogens is 390 g/mol. The molecule has 0 aliphatic carbocycles. The highest BCUT2D eigenvalue weighted by atomic mass is 35.5. The molecule has 1 atom stereocenters. The fourth-order valence-corrected chi connectivity index (χ4v) is 3.36. The summed E-state index contributed by atoms with van der Waals surface area (Å²) in [6.45, 7) is 0.336. The topological polar surface area (TPSA) is 111 Å². The number of hydrogen-bond donors (Lipinski definition) is 1. The van der Waals surface area contributed by atoms with Crippen LogP contribution in [0.2, 0.25) is 5.02 Å². The summed E-state index contributed by atoms with van der Waals surface area (Å²) in [5.74, 6) is 0.0127. The number of halogens is 1. The predicted molar refractivity (Wildman–Crippen MR) is 99.8 cm³/mol. The van der Waals surface area contributed by atoms with E-state index >= 15 is 0 Å². The first-order valence-corrected chi connectivity index (χ1v) is 8.75. The second-order valence-electron chi connectivity index (χ2n) is 6.35. The lowest BCUT2D eigenvalue weighted by atomic mass is 10.1. The van der Waals surface area contributed by atoms with Crippen molar-refractivity contribution >= 4 is 40.5 Å². The minimum absolute atomic E-state index is 0.0465. The van der Waals surface area contributed by atoms with Crippen molar-refractivity contribution in [1.82, 2.24) is 0 Å². The molecule has 1 N–H and O–H groups in total. The van der Waals surface area contributed by atoms with Gasteiger partial charge < -0.3 is 19.7 Å². The van der Waals surface area contributed by atoms with Gasteiger partial charge in [0.2, 0.25) is 18.6 Å². The van der Waals surface area contributed by atoms with Gasteiger partial charge in [-0.05, 0) is 18.2 Å². The molecule has 2 heterocycles. The maximum absolute atomic E-state index is 12.6. The van der Waals surface area contributed by atoms with Gasteiger partial charge in [0.15, 0.2) is 11.5 Å². The Hall–Kier alpha value is -3.33. The number of non-ortho nitro benzene ring substituents is 1. The highest BCUT2D eigenvalue weighted by Gasteiger charge is 2.36. The molecule has 28 heavy (non-hydrogen) atoms. The van der Waals surface area contributed by atoms with E-state index < -0.39 is 10.8 Å². The van der Waals surface area contributed by atoms with Crippen molar-refractivity contribution in [1.29, 1.82) is 0 Å². The van der Waals surface area contributed by atoms with Crippen LogP contribution in [-0.2, 0) is 9.59 Å². The smallest absolute Gasteiger partial charge is 0.271 e. The zero-order valence-corrected chi connectivity index (χ0v) is 15.1. The van der Waals surface area contributed by atoms with E-state index in [1.54, 1.807) is 18.2 Å². The van der Waals surface area contributed by atoms with E-state index in [0.29, 0.717) is 17.2 Å². The highest BCUT2D eigenvalue weighted by Crippen LogP contribution is 2.37. The number of rotatable bonds is 4. The first-order chi connectivity index (χ1) is 13.4. The average Bonchev–Trinajstić information content (AvgIpc) is 3.28. The second kappa shape index (κ2) is 7.01. The normalized spacial score (nSPS) is 17.7. The number of anilines is 2. The third kappa shape index (κ3) is 3.31. The lowest BCUT2D eigenvalue weighted by Crippen LogP contribution is -2.28. The van der Waals surface area contributed by atoms with E-state index in [1.165, 1.54) is 17.0 Å². The Morgan fingerprint density at radius 3 is 2.75 bits per heavy atom. The quantitative estimate of drug-likeness (QED) is 0.620. The summed E-state index contributed by atoms with van der Waals surface area (Å²) in [4.78, 5) is 36.7. The SMILES string of the molecule is O=C(Nc1ccc([N+](=O)[O-])cc1Cl)C1CC(=O)N(c2ccc3c(c2)OCO3)C1. The summed E-state index contributed by atoms with van der Waals surface area (Å²) in [5.41, 5.74) is 0.706. The molecule has 144 valence electrons. The molecule has 2 aromatic carbocycles. The Balaban J connectivity index is 1.46. The van der Waals surface area contributed by atoms with E-state index in [9.17, 15) is 19.7 Å². The first-order valence-electron chi connectivity index (χ1n) is 8.37. The number of amides is 2. The van der Waals surface area contributed by atoms with Crippen LogP contribution in [0, 0.1) is 16.0 Å².